The molecule has 2 heterocycles. The fourth-order valence-corrected chi connectivity index (χ4v) is 2.37. The lowest BCUT2D eigenvalue weighted by Crippen LogP contribution is -2.48. The van der Waals surface area contributed by atoms with Crippen LogP contribution in [0.1, 0.15) is 17.4 Å². The predicted octanol–water partition coefficient (Wildman–Crippen LogP) is 2.54. The predicted molar refractivity (Wildman–Crippen MR) is 77.8 cm³/mol. The fraction of sp³-hybridized carbons (Fsp3) is 0.333. The number of hydrogen-bond donors (Lipinski definition) is 1. The molecular weight excluding hydrogens is 289 g/mol. The SMILES string of the molecule is COC(=O)N1CC(c2ncc(-c3cc(N)c(C)c(F)c3)o2)C1. The van der Waals surface area contributed by atoms with Crippen molar-refractivity contribution in [2.24, 2.45) is 0 Å². The van der Waals surface area contributed by atoms with E-state index in [0.29, 0.717) is 41.6 Å². The summed E-state index contributed by atoms with van der Waals surface area (Å²) >= 11 is 0. The summed E-state index contributed by atoms with van der Waals surface area (Å²) in [6.45, 7) is 2.62. The first-order valence-corrected chi connectivity index (χ1v) is 6.84. The van der Waals surface area contributed by atoms with Crippen molar-refractivity contribution in [2.75, 3.05) is 25.9 Å². The average Bonchev–Trinajstić information content (AvgIpc) is 2.91. The number of likely N-dealkylation sites (tertiary alicyclic amines) is 1. The van der Waals surface area contributed by atoms with Crippen LogP contribution in [-0.2, 0) is 4.74 Å². The third-order valence-corrected chi connectivity index (χ3v) is 3.86. The largest absolute Gasteiger partial charge is 0.453 e. The van der Waals surface area contributed by atoms with Crippen molar-refractivity contribution < 1.29 is 18.3 Å². The number of carbonyl (C=O) groups excluding carboxylic acids is 1. The molecule has 22 heavy (non-hydrogen) atoms. The molecule has 116 valence electrons. The van der Waals surface area contributed by atoms with Crippen LogP contribution >= 0.6 is 0 Å². The van der Waals surface area contributed by atoms with Crippen molar-refractivity contribution in [2.45, 2.75) is 12.8 Å². The number of rotatable bonds is 2. The van der Waals surface area contributed by atoms with Gasteiger partial charge in [-0.15, -0.1) is 0 Å². The molecule has 1 fully saturated rings. The quantitative estimate of drug-likeness (QED) is 0.862. The number of nitrogens with two attached hydrogens (primary N) is 1. The molecule has 6 nitrogen and oxygen atoms in total. The summed E-state index contributed by atoms with van der Waals surface area (Å²) in [6, 6.07) is 3.03. The molecular formula is C15H16FN3O3. The van der Waals surface area contributed by atoms with Gasteiger partial charge in [-0.2, -0.15) is 0 Å². The Morgan fingerprint density at radius 1 is 1.50 bits per heavy atom. The van der Waals surface area contributed by atoms with Gasteiger partial charge in [-0.05, 0) is 19.1 Å². The molecule has 1 aromatic heterocycles. The van der Waals surface area contributed by atoms with Crippen molar-refractivity contribution in [3.05, 3.63) is 35.6 Å². The number of oxazole rings is 1. The lowest BCUT2D eigenvalue weighted by Gasteiger charge is -2.35. The molecule has 0 radical (unpaired) electrons. The average molecular weight is 305 g/mol. The number of aromatic nitrogens is 1. The van der Waals surface area contributed by atoms with E-state index in [2.05, 4.69) is 9.72 Å². The minimum atomic E-state index is -0.381. The summed E-state index contributed by atoms with van der Waals surface area (Å²) in [4.78, 5) is 17.1. The summed E-state index contributed by atoms with van der Waals surface area (Å²) in [5, 5.41) is 0. The number of carbonyl (C=O) groups is 1. The molecule has 0 aliphatic carbocycles. The number of nitrogen functional groups attached to an aromatic ring is 1. The molecule has 1 aliphatic heterocycles. The van der Waals surface area contributed by atoms with E-state index in [1.807, 2.05) is 0 Å². The second-order valence-corrected chi connectivity index (χ2v) is 5.31. The first-order chi connectivity index (χ1) is 10.5. The molecule has 1 aliphatic rings. The summed E-state index contributed by atoms with van der Waals surface area (Å²) in [6.07, 6.45) is 1.18. The third-order valence-electron chi connectivity index (χ3n) is 3.86. The standard InChI is InChI=1S/C15H16FN3O3/c1-8-11(16)3-9(4-12(8)17)13-5-18-14(22-13)10-6-19(7-10)15(20)21-2/h3-5,10H,6-7,17H2,1-2H3. The molecule has 0 unspecified atom stereocenters. The Hall–Kier alpha value is -2.57. The molecule has 3 rings (SSSR count). The number of hydrogen-bond acceptors (Lipinski definition) is 5. The van der Waals surface area contributed by atoms with E-state index in [1.54, 1.807) is 24.1 Å². The van der Waals surface area contributed by atoms with Crippen molar-refractivity contribution in [3.63, 3.8) is 0 Å². The molecule has 1 saturated heterocycles. The van der Waals surface area contributed by atoms with E-state index in [1.165, 1.54) is 13.2 Å². The molecule has 0 atom stereocenters. The fourth-order valence-electron chi connectivity index (χ4n) is 2.37. The number of nitrogens with zero attached hydrogens (tertiary/aromatic N) is 2. The first-order valence-electron chi connectivity index (χ1n) is 6.84. The van der Waals surface area contributed by atoms with E-state index in [9.17, 15) is 9.18 Å². The normalized spacial score (nSPS) is 14.8. The van der Waals surface area contributed by atoms with Gasteiger partial charge >= 0.3 is 6.09 Å². The molecule has 2 N–H and O–H groups in total. The highest BCUT2D eigenvalue weighted by atomic mass is 19.1. The van der Waals surface area contributed by atoms with Gasteiger partial charge in [0.05, 0.1) is 19.2 Å². The Morgan fingerprint density at radius 3 is 2.86 bits per heavy atom. The number of benzene rings is 1. The van der Waals surface area contributed by atoms with E-state index >= 15 is 0 Å². The molecule has 0 saturated carbocycles. The number of amides is 1. The smallest absolute Gasteiger partial charge is 0.409 e. The van der Waals surface area contributed by atoms with Crippen molar-refractivity contribution in [1.29, 1.82) is 0 Å². The Morgan fingerprint density at radius 2 is 2.23 bits per heavy atom. The Bertz CT molecular complexity index is 700. The van der Waals surface area contributed by atoms with Crippen LogP contribution in [-0.4, -0.2) is 36.2 Å². The Labute approximate surface area is 126 Å². The summed E-state index contributed by atoms with van der Waals surface area (Å²) < 4.78 is 24.1. The van der Waals surface area contributed by atoms with Crippen LogP contribution in [0.15, 0.2) is 22.7 Å². The number of ether oxygens (including phenoxy) is 1. The Kier molecular flexibility index (Phi) is 3.48. The number of anilines is 1. The monoisotopic (exact) mass is 305 g/mol. The maximum absolute atomic E-state index is 13.7. The van der Waals surface area contributed by atoms with Gasteiger partial charge in [-0.25, -0.2) is 14.2 Å². The van der Waals surface area contributed by atoms with Gasteiger partial charge in [0.2, 0.25) is 5.89 Å². The lowest BCUT2D eigenvalue weighted by atomic mass is 10.0. The zero-order valence-electron chi connectivity index (χ0n) is 12.3. The van der Waals surface area contributed by atoms with E-state index in [0.717, 1.165) is 0 Å². The Balaban J connectivity index is 1.77. The summed E-state index contributed by atoms with van der Waals surface area (Å²) in [5.74, 6) is 0.626. The second-order valence-electron chi connectivity index (χ2n) is 5.31. The van der Waals surface area contributed by atoms with Crippen LogP contribution in [0.4, 0.5) is 14.9 Å². The van der Waals surface area contributed by atoms with Crippen LogP contribution in [0.5, 0.6) is 0 Å². The molecule has 1 amide bonds. The third kappa shape index (κ3) is 2.38. The highest BCUT2D eigenvalue weighted by Gasteiger charge is 2.35. The molecule has 0 bridgehead atoms. The van der Waals surface area contributed by atoms with E-state index in [-0.39, 0.29) is 17.8 Å². The topological polar surface area (TPSA) is 81.6 Å². The van der Waals surface area contributed by atoms with Gasteiger partial charge in [-0.1, -0.05) is 0 Å². The summed E-state index contributed by atoms with van der Waals surface area (Å²) in [7, 11) is 1.34. The van der Waals surface area contributed by atoms with Crippen LogP contribution < -0.4 is 5.73 Å². The molecule has 0 spiro atoms. The second kappa shape index (κ2) is 5.32. The van der Waals surface area contributed by atoms with Gasteiger partial charge in [-0.3, -0.25) is 0 Å². The summed E-state index contributed by atoms with van der Waals surface area (Å²) in [5.41, 5.74) is 7.10. The molecule has 2 aromatic rings. The van der Waals surface area contributed by atoms with Crippen LogP contribution in [0.25, 0.3) is 11.3 Å². The van der Waals surface area contributed by atoms with Crippen LogP contribution in [0.2, 0.25) is 0 Å². The first kappa shape index (κ1) is 14.4. The van der Waals surface area contributed by atoms with Gasteiger partial charge in [0.15, 0.2) is 5.76 Å². The van der Waals surface area contributed by atoms with Gasteiger partial charge in [0, 0.05) is 29.9 Å². The molecule has 7 heteroatoms. The van der Waals surface area contributed by atoms with Crippen LogP contribution in [0.3, 0.4) is 0 Å². The zero-order valence-corrected chi connectivity index (χ0v) is 12.3. The van der Waals surface area contributed by atoms with Crippen molar-refractivity contribution in [3.8, 4) is 11.3 Å². The van der Waals surface area contributed by atoms with E-state index in [4.69, 9.17) is 10.2 Å². The maximum Gasteiger partial charge on any atom is 0.409 e. The van der Waals surface area contributed by atoms with Gasteiger partial charge in [0.1, 0.15) is 5.82 Å². The highest BCUT2D eigenvalue weighted by molar-refractivity contribution is 5.69. The molecule has 1 aromatic carbocycles. The van der Waals surface area contributed by atoms with E-state index < -0.39 is 0 Å². The van der Waals surface area contributed by atoms with Crippen molar-refractivity contribution in [1.82, 2.24) is 9.88 Å². The lowest BCUT2D eigenvalue weighted by molar-refractivity contribution is 0.0823. The van der Waals surface area contributed by atoms with Gasteiger partial charge < -0.3 is 19.8 Å². The van der Waals surface area contributed by atoms with Crippen molar-refractivity contribution >= 4 is 11.8 Å². The maximum atomic E-state index is 13.7. The van der Waals surface area contributed by atoms with Crippen LogP contribution in [0, 0.1) is 12.7 Å². The minimum Gasteiger partial charge on any atom is -0.453 e. The van der Waals surface area contributed by atoms with Gasteiger partial charge in [0.25, 0.3) is 0 Å². The zero-order chi connectivity index (χ0) is 15.9. The number of methoxy groups -OCH3 is 1. The minimum absolute atomic E-state index is 0.0282. The number of halogens is 1. The highest BCUT2D eigenvalue weighted by Crippen LogP contribution is 2.31.